The first-order chi connectivity index (χ1) is 12.9. The lowest BCUT2D eigenvalue weighted by molar-refractivity contribution is -0.121. The Morgan fingerprint density at radius 2 is 2.00 bits per heavy atom. The van der Waals surface area contributed by atoms with E-state index in [0.717, 1.165) is 30.7 Å². The molecule has 0 spiro atoms. The van der Waals surface area contributed by atoms with E-state index in [1.807, 2.05) is 19.1 Å². The molecule has 1 aromatic carbocycles. The molecule has 7 heteroatoms. The first-order valence-electron chi connectivity index (χ1n) is 9.53. The predicted molar refractivity (Wildman–Crippen MR) is 105 cm³/mol. The topological polar surface area (TPSA) is 76.5 Å². The van der Waals surface area contributed by atoms with Crippen LogP contribution in [0.25, 0.3) is 10.9 Å². The van der Waals surface area contributed by atoms with Crippen molar-refractivity contribution in [3.63, 3.8) is 0 Å². The molecular weight excluding hydrogens is 344 g/mol. The van der Waals surface area contributed by atoms with Gasteiger partial charge < -0.3 is 10.1 Å². The Labute approximate surface area is 159 Å². The number of carbonyl (C=O) groups is 1. The summed E-state index contributed by atoms with van der Waals surface area (Å²) < 4.78 is 7.22. The van der Waals surface area contributed by atoms with Gasteiger partial charge in [0.05, 0.1) is 29.4 Å². The van der Waals surface area contributed by atoms with Crippen LogP contribution < -0.4 is 10.9 Å². The molecule has 2 atom stereocenters. The molecule has 1 N–H and O–H groups in total. The Bertz CT molecular complexity index is 854. The molecule has 0 radical (unpaired) electrons. The SMILES string of the molecule is Cc1cccc2c(=O)n(CCC(=O)NCCN3CC(C)OC(C)C3)cnc12. The molecule has 1 aromatic heterocycles. The highest BCUT2D eigenvalue weighted by Crippen LogP contribution is 2.11. The van der Waals surface area contributed by atoms with E-state index >= 15 is 0 Å². The van der Waals surface area contributed by atoms with Gasteiger partial charge in [-0.25, -0.2) is 4.98 Å². The molecule has 0 bridgehead atoms. The number of nitrogens with zero attached hydrogens (tertiary/aromatic N) is 3. The lowest BCUT2D eigenvalue weighted by Crippen LogP contribution is -2.47. The van der Waals surface area contributed by atoms with Crippen molar-refractivity contribution in [1.29, 1.82) is 0 Å². The van der Waals surface area contributed by atoms with Crippen molar-refractivity contribution in [2.75, 3.05) is 26.2 Å². The molecule has 1 fully saturated rings. The number of carbonyl (C=O) groups excluding carboxylic acids is 1. The quantitative estimate of drug-likeness (QED) is 0.828. The Morgan fingerprint density at radius 1 is 1.26 bits per heavy atom. The fourth-order valence-corrected chi connectivity index (χ4v) is 3.63. The van der Waals surface area contributed by atoms with Gasteiger partial charge in [-0.15, -0.1) is 0 Å². The zero-order valence-corrected chi connectivity index (χ0v) is 16.3. The number of benzene rings is 1. The van der Waals surface area contributed by atoms with Crippen LogP contribution in [0.4, 0.5) is 0 Å². The zero-order valence-electron chi connectivity index (χ0n) is 16.3. The van der Waals surface area contributed by atoms with Gasteiger partial charge in [0.25, 0.3) is 5.56 Å². The average Bonchev–Trinajstić information content (AvgIpc) is 2.61. The van der Waals surface area contributed by atoms with Crippen LogP contribution in [-0.4, -0.2) is 58.7 Å². The number of aromatic nitrogens is 2. The largest absolute Gasteiger partial charge is 0.373 e. The number of aryl methyl sites for hydroxylation is 2. The van der Waals surface area contributed by atoms with Gasteiger partial charge in [-0.05, 0) is 32.4 Å². The number of hydrogen-bond acceptors (Lipinski definition) is 5. The van der Waals surface area contributed by atoms with Crippen molar-refractivity contribution in [3.05, 3.63) is 40.4 Å². The van der Waals surface area contributed by atoms with Crippen LogP contribution in [0.1, 0.15) is 25.8 Å². The fourth-order valence-electron chi connectivity index (χ4n) is 3.63. The van der Waals surface area contributed by atoms with Crippen molar-refractivity contribution in [2.45, 2.75) is 45.9 Å². The van der Waals surface area contributed by atoms with Gasteiger partial charge in [0.2, 0.25) is 5.91 Å². The third-order valence-corrected chi connectivity index (χ3v) is 4.88. The first kappa shape index (κ1) is 19.5. The van der Waals surface area contributed by atoms with Crippen LogP contribution in [0.3, 0.4) is 0 Å². The summed E-state index contributed by atoms with van der Waals surface area (Å²) in [7, 11) is 0. The smallest absolute Gasteiger partial charge is 0.261 e. The third kappa shape index (κ3) is 4.93. The van der Waals surface area contributed by atoms with Crippen LogP contribution in [0.5, 0.6) is 0 Å². The van der Waals surface area contributed by atoms with Crippen molar-refractivity contribution in [3.8, 4) is 0 Å². The van der Waals surface area contributed by atoms with Crippen LogP contribution in [0, 0.1) is 6.92 Å². The Morgan fingerprint density at radius 3 is 2.74 bits per heavy atom. The molecule has 1 amide bonds. The van der Waals surface area contributed by atoms with E-state index in [4.69, 9.17) is 4.74 Å². The van der Waals surface area contributed by atoms with Gasteiger partial charge in [-0.3, -0.25) is 19.1 Å². The van der Waals surface area contributed by atoms with Crippen molar-refractivity contribution >= 4 is 16.8 Å². The summed E-state index contributed by atoms with van der Waals surface area (Å²) >= 11 is 0. The average molecular weight is 372 g/mol. The second-order valence-electron chi connectivity index (χ2n) is 7.33. The second-order valence-corrected chi connectivity index (χ2v) is 7.33. The molecule has 1 aliphatic rings. The zero-order chi connectivity index (χ0) is 19.4. The molecule has 1 saturated heterocycles. The Kier molecular flexibility index (Phi) is 6.23. The highest BCUT2D eigenvalue weighted by atomic mass is 16.5. The maximum Gasteiger partial charge on any atom is 0.261 e. The molecule has 3 rings (SSSR count). The fraction of sp³-hybridized carbons (Fsp3) is 0.550. The number of amides is 1. The van der Waals surface area contributed by atoms with Gasteiger partial charge in [-0.2, -0.15) is 0 Å². The van der Waals surface area contributed by atoms with E-state index in [1.165, 1.54) is 10.9 Å². The van der Waals surface area contributed by atoms with Gasteiger partial charge >= 0.3 is 0 Å². The van der Waals surface area contributed by atoms with Crippen LogP contribution >= 0.6 is 0 Å². The van der Waals surface area contributed by atoms with Crippen molar-refractivity contribution < 1.29 is 9.53 Å². The van der Waals surface area contributed by atoms with E-state index in [-0.39, 0.29) is 30.1 Å². The lowest BCUT2D eigenvalue weighted by atomic mass is 10.1. The number of ether oxygens (including phenoxy) is 1. The highest BCUT2D eigenvalue weighted by Gasteiger charge is 2.21. The number of morpholine rings is 1. The number of para-hydroxylation sites is 1. The maximum atomic E-state index is 12.5. The minimum absolute atomic E-state index is 0.0550. The molecule has 0 aliphatic carbocycles. The summed E-state index contributed by atoms with van der Waals surface area (Å²) in [5, 5.41) is 3.53. The van der Waals surface area contributed by atoms with Crippen molar-refractivity contribution in [1.82, 2.24) is 19.8 Å². The summed E-state index contributed by atoms with van der Waals surface area (Å²) in [5.74, 6) is -0.0550. The summed E-state index contributed by atoms with van der Waals surface area (Å²) in [4.78, 5) is 31.3. The predicted octanol–water partition coefficient (Wildman–Crippen LogP) is 1.32. The minimum Gasteiger partial charge on any atom is -0.373 e. The maximum absolute atomic E-state index is 12.5. The molecule has 146 valence electrons. The molecule has 0 saturated carbocycles. The van der Waals surface area contributed by atoms with E-state index in [2.05, 4.69) is 29.0 Å². The van der Waals surface area contributed by atoms with Crippen molar-refractivity contribution in [2.24, 2.45) is 0 Å². The molecule has 2 heterocycles. The van der Waals surface area contributed by atoms with Gasteiger partial charge in [-0.1, -0.05) is 12.1 Å². The molecule has 2 aromatic rings. The number of hydrogen-bond donors (Lipinski definition) is 1. The van der Waals surface area contributed by atoms with E-state index in [1.54, 1.807) is 6.07 Å². The summed E-state index contributed by atoms with van der Waals surface area (Å²) in [6.45, 7) is 9.57. The van der Waals surface area contributed by atoms with Gasteiger partial charge in [0, 0.05) is 39.1 Å². The standard InChI is InChI=1S/C20H28N4O3/c1-14-5-4-6-17-19(14)22-13-24(20(17)26)9-7-18(25)21-8-10-23-11-15(2)27-16(3)12-23/h4-6,13,15-16H,7-12H2,1-3H3,(H,21,25). The minimum atomic E-state index is -0.104. The molecule has 7 nitrogen and oxygen atoms in total. The van der Waals surface area contributed by atoms with Crippen LogP contribution in [0.15, 0.2) is 29.3 Å². The Hall–Kier alpha value is -2.25. The van der Waals surface area contributed by atoms with E-state index < -0.39 is 0 Å². The van der Waals surface area contributed by atoms with E-state index in [0.29, 0.717) is 18.5 Å². The monoisotopic (exact) mass is 372 g/mol. The second kappa shape index (κ2) is 8.63. The normalized spacial score (nSPS) is 20.7. The van der Waals surface area contributed by atoms with E-state index in [9.17, 15) is 9.59 Å². The summed E-state index contributed by atoms with van der Waals surface area (Å²) in [6, 6.07) is 5.56. The van der Waals surface area contributed by atoms with Gasteiger partial charge in [0.1, 0.15) is 0 Å². The summed E-state index contributed by atoms with van der Waals surface area (Å²) in [5.41, 5.74) is 1.59. The molecule has 1 aliphatic heterocycles. The molecule has 2 unspecified atom stereocenters. The lowest BCUT2D eigenvalue weighted by Gasteiger charge is -2.35. The van der Waals surface area contributed by atoms with Crippen LogP contribution in [-0.2, 0) is 16.1 Å². The first-order valence-corrected chi connectivity index (χ1v) is 9.53. The third-order valence-electron chi connectivity index (χ3n) is 4.88. The number of nitrogens with one attached hydrogen (secondary N) is 1. The highest BCUT2D eigenvalue weighted by molar-refractivity contribution is 5.80. The number of fused-ring (bicyclic) bond motifs is 1. The Balaban J connectivity index is 1.49. The molecule has 27 heavy (non-hydrogen) atoms. The molecular formula is C20H28N4O3. The number of rotatable bonds is 6. The van der Waals surface area contributed by atoms with Gasteiger partial charge in [0.15, 0.2) is 0 Å². The summed E-state index contributed by atoms with van der Waals surface area (Å²) in [6.07, 6.45) is 2.23. The van der Waals surface area contributed by atoms with Crippen LogP contribution in [0.2, 0.25) is 0 Å².